The van der Waals surface area contributed by atoms with Gasteiger partial charge in [0.1, 0.15) is 12.4 Å². The third kappa shape index (κ3) is 3.57. The van der Waals surface area contributed by atoms with E-state index in [2.05, 4.69) is 20.8 Å². The summed E-state index contributed by atoms with van der Waals surface area (Å²) < 4.78 is 5.72. The number of fused-ring (bicyclic) bond motifs is 1. The first-order valence-corrected chi connectivity index (χ1v) is 9.02. The van der Waals surface area contributed by atoms with Crippen LogP contribution in [0.25, 0.3) is 0 Å². The number of hydrogen-bond acceptors (Lipinski definition) is 3. The standard InChI is InChI=1S/C20H19Cl2NO3/c1-20(2,3)12-4-6-14(7-5-12)26-9-8-23-17-15(18(24)19(23)25)10-13(21)11-16(17)22/h4-7,10-11H,8-9H2,1-3H3. The summed E-state index contributed by atoms with van der Waals surface area (Å²) in [5, 5.41) is 0.605. The van der Waals surface area contributed by atoms with E-state index in [1.165, 1.54) is 22.6 Å². The number of anilines is 1. The summed E-state index contributed by atoms with van der Waals surface area (Å²) >= 11 is 12.1. The van der Waals surface area contributed by atoms with E-state index in [9.17, 15) is 9.59 Å². The highest BCUT2D eigenvalue weighted by atomic mass is 35.5. The van der Waals surface area contributed by atoms with Crippen molar-refractivity contribution in [2.75, 3.05) is 18.1 Å². The molecule has 136 valence electrons. The highest BCUT2D eigenvalue weighted by Gasteiger charge is 2.37. The fourth-order valence-electron chi connectivity index (χ4n) is 2.87. The second-order valence-corrected chi connectivity index (χ2v) is 8.04. The van der Waals surface area contributed by atoms with E-state index in [0.717, 1.165) is 0 Å². The number of amides is 1. The first-order valence-electron chi connectivity index (χ1n) is 8.27. The fraction of sp³-hybridized carbons (Fsp3) is 0.300. The van der Waals surface area contributed by atoms with E-state index in [0.29, 0.717) is 16.5 Å². The van der Waals surface area contributed by atoms with Crippen molar-refractivity contribution < 1.29 is 14.3 Å². The number of hydrogen-bond donors (Lipinski definition) is 0. The first-order chi connectivity index (χ1) is 12.2. The SMILES string of the molecule is CC(C)(C)c1ccc(OCCN2C(=O)C(=O)c3cc(Cl)cc(Cl)c32)cc1. The average Bonchev–Trinajstić information content (AvgIpc) is 2.80. The van der Waals surface area contributed by atoms with Crippen LogP contribution in [-0.4, -0.2) is 24.8 Å². The number of Topliss-reactive ketones (excluding diaryl/α,β-unsaturated/α-hetero) is 1. The van der Waals surface area contributed by atoms with Crippen LogP contribution in [0.5, 0.6) is 5.75 Å². The maximum absolute atomic E-state index is 12.2. The van der Waals surface area contributed by atoms with Gasteiger partial charge in [0.05, 0.1) is 22.8 Å². The summed E-state index contributed by atoms with van der Waals surface area (Å²) in [4.78, 5) is 25.7. The summed E-state index contributed by atoms with van der Waals surface area (Å²) in [7, 11) is 0. The van der Waals surface area contributed by atoms with Crippen molar-refractivity contribution in [1.82, 2.24) is 0 Å². The van der Waals surface area contributed by atoms with E-state index in [-0.39, 0.29) is 29.2 Å². The number of halogens is 2. The number of carbonyl (C=O) groups excluding carboxylic acids is 2. The van der Waals surface area contributed by atoms with Crippen LogP contribution in [0.1, 0.15) is 36.7 Å². The van der Waals surface area contributed by atoms with Gasteiger partial charge in [-0.15, -0.1) is 0 Å². The second kappa shape index (κ2) is 6.93. The number of ether oxygens (including phenoxy) is 1. The number of nitrogens with zero attached hydrogens (tertiary/aromatic N) is 1. The average molecular weight is 392 g/mol. The molecule has 0 saturated heterocycles. The smallest absolute Gasteiger partial charge is 0.299 e. The molecule has 0 unspecified atom stereocenters. The van der Waals surface area contributed by atoms with Crippen LogP contribution in [-0.2, 0) is 10.2 Å². The third-order valence-corrected chi connectivity index (χ3v) is 4.79. The Morgan fingerprint density at radius 2 is 1.69 bits per heavy atom. The van der Waals surface area contributed by atoms with Gasteiger partial charge in [-0.05, 0) is 35.2 Å². The fourth-order valence-corrected chi connectivity index (χ4v) is 3.47. The molecule has 2 aromatic rings. The molecule has 0 fully saturated rings. The van der Waals surface area contributed by atoms with E-state index < -0.39 is 11.7 Å². The summed E-state index contributed by atoms with van der Waals surface area (Å²) in [5.41, 5.74) is 1.92. The van der Waals surface area contributed by atoms with Crippen molar-refractivity contribution in [2.45, 2.75) is 26.2 Å². The van der Waals surface area contributed by atoms with Crippen molar-refractivity contribution in [3.8, 4) is 5.75 Å². The van der Waals surface area contributed by atoms with Gasteiger partial charge in [0.2, 0.25) is 0 Å². The van der Waals surface area contributed by atoms with Crippen molar-refractivity contribution >= 4 is 40.6 Å². The number of ketones is 1. The van der Waals surface area contributed by atoms with Gasteiger partial charge >= 0.3 is 0 Å². The van der Waals surface area contributed by atoms with Gasteiger partial charge in [-0.25, -0.2) is 0 Å². The molecule has 26 heavy (non-hydrogen) atoms. The monoisotopic (exact) mass is 391 g/mol. The van der Waals surface area contributed by atoms with Crippen molar-refractivity contribution in [3.63, 3.8) is 0 Å². The van der Waals surface area contributed by atoms with E-state index in [4.69, 9.17) is 27.9 Å². The molecule has 0 atom stereocenters. The Kier molecular flexibility index (Phi) is 5.00. The normalized spacial score (nSPS) is 14.0. The van der Waals surface area contributed by atoms with Crippen LogP contribution in [0.2, 0.25) is 10.0 Å². The molecule has 1 amide bonds. The molecule has 0 N–H and O–H groups in total. The van der Waals surface area contributed by atoms with Crippen LogP contribution >= 0.6 is 23.2 Å². The van der Waals surface area contributed by atoms with Gasteiger partial charge in [-0.1, -0.05) is 56.1 Å². The molecule has 0 bridgehead atoms. The van der Waals surface area contributed by atoms with Gasteiger partial charge in [0.15, 0.2) is 0 Å². The van der Waals surface area contributed by atoms with E-state index in [1.807, 2.05) is 24.3 Å². The lowest BCUT2D eigenvalue weighted by atomic mass is 9.87. The predicted molar refractivity (Wildman–Crippen MR) is 104 cm³/mol. The Morgan fingerprint density at radius 1 is 1.04 bits per heavy atom. The largest absolute Gasteiger partial charge is 0.492 e. The van der Waals surface area contributed by atoms with E-state index in [1.54, 1.807) is 0 Å². The minimum absolute atomic E-state index is 0.0720. The molecule has 1 aliphatic heterocycles. The minimum atomic E-state index is -0.615. The molecule has 0 radical (unpaired) electrons. The van der Waals surface area contributed by atoms with Gasteiger partial charge in [-0.2, -0.15) is 0 Å². The lowest BCUT2D eigenvalue weighted by Gasteiger charge is -2.20. The topological polar surface area (TPSA) is 46.6 Å². The molecule has 0 aliphatic carbocycles. The highest BCUT2D eigenvalue weighted by Crippen LogP contribution is 2.38. The molecule has 0 aromatic heterocycles. The van der Waals surface area contributed by atoms with Crippen LogP contribution < -0.4 is 9.64 Å². The summed E-state index contributed by atoms with van der Waals surface area (Å²) in [6, 6.07) is 10.8. The Bertz CT molecular complexity index is 870. The van der Waals surface area contributed by atoms with Gasteiger partial charge in [-0.3, -0.25) is 14.5 Å². The quantitative estimate of drug-likeness (QED) is 0.696. The molecule has 1 heterocycles. The third-order valence-electron chi connectivity index (χ3n) is 4.29. The molecular weight excluding hydrogens is 373 g/mol. The lowest BCUT2D eigenvalue weighted by Crippen LogP contribution is -2.33. The van der Waals surface area contributed by atoms with Crippen LogP contribution in [0.4, 0.5) is 5.69 Å². The maximum atomic E-state index is 12.2. The molecular formula is C20H19Cl2NO3. The van der Waals surface area contributed by atoms with Crippen molar-refractivity contribution in [1.29, 1.82) is 0 Å². The Morgan fingerprint density at radius 3 is 2.31 bits per heavy atom. The second-order valence-electron chi connectivity index (χ2n) is 7.19. The van der Waals surface area contributed by atoms with Crippen LogP contribution in [0.3, 0.4) is 0 Å². The zero-order chi connectivity index (χ0) is 19.1. The molecule has 3 rings (SSSR count). The van der Waals surface area contributed by atoms with E-state index >= 15 is 0 Å². The number of rotatable bonds is 4. The summed E-state index contributed by atoms with van der Waals surface area (Å²) in [6.07, 6.45) is 0. The zero-order valence-electron chi connectivity index (χ0n) is 14.8. The molecule has 0 spiro atoms. The Labute approximate surface area is 162 Å². The molecule has 0 saturated carbocycles. The van der Waals surface area contributed by atoms with Gasteiger partial charge in [0, 0.05) is 5.02 Å². The molecule has 1 aliphatic rings. The maximum Gasteiger partial charge on any atom is 0.299 e. The van der Waals surface area contributed by atoms with Gasteiger partial charge < -0.3 is 4.74 Å². The predicted octanol–water partition coefficient (Wildman–Crippen LogP) is 4.90. The Balaban J connectivity index is 1.70. The van der Waals surface area contributed by atoms with Crippen molar-refractivity contribution in [2.24, 2.45) is 0 Å². The number of carbonyl (C=O) groups is 2. The Hall–Kier alpha value is -2.04. The number of benzene rings is 2. The van der Waals surface area contributed by atoms with Crippen LogP contribution in [0, 0.1) is 0 Å². The zero-order valence-corrected chi connectivity index (χ0v) is 16.3. The summed E-state index contributed by atoms with van der Waals surface area (Å²) in [5.74, 6) is -0.506. The minimum Gasteiger partial charge on any atom is -0.492 e. The highest BCUT2D eigenvalue weighted by molar-refractivity contribution is 6.54. The molecule has 4 nitrogen and oxygen atoms in total. The molecule has 2 aromatic carbocycles. The van der Waals surface area contributed by atoms with Crippen LogP contribution in [0.15, 0.2) is 36.4 Å². The first kappa shape index (κ1) is 18.7. The van der Waals surface area contributed by atoms with Gasteiger partial charge in [0.25, 0.3) is 11.7 Å². The van der Waals surface area contributed by atoms with Crippen molar-refractivity contribution in [3.05, 3.63) is 57.6 Å². The lowest BCUT2D eigenvalue weighted by molar-refractivity contribution is -0.114. The molecule has 6 heteroatoms. The summed E-state index contributed by atoms with van der Waals surface area (Å²) in [6.45, 7) is 6.90.